The summed E-state index contributed by atoms with van der Waals surface area (Å²) < 4.78 is 5.97. The molecule has 4 saturated carbocycles. The van der Waals surface area contributed by atoms with Crippen LogP contribution in [0.5, 0.6) is 0 Å². The Morgan fingerprint density at radius 1 is 0.889 bits per heavy atom. The highest BCUT2D eigenvalue weighted by atomic mass is 16.5. The van der Waals surface area contributed by atoms with Crippen LogP contribution >= 0.6 is 0 Å². The quantitative estimate of drug-likeness (QED) is 0.279. The standard InChI is InChI=1S/C34H60O2/c1-8-10-11-32(35)36-27-18-20-33(6)26(22-27)14-15-28-30-17-16-29(34(30,7)21-19-31(28)33)24(5)12-13-25(9-2)23(3)4/h23-31H,8-22H2,1-7H3/t24-,25-,26?,27?,28+,29-,30+,31+,33+,34-/m1/s1. The Kier molecular flexibility index (Phi) is 9.25. The molecule has 0 aromatic rings. The SMILES string of the molecule is CCCCC(=O)OC1CC[C@@]2(C)C(CC[C@H]3[C@@H]4CC[C@H]([C@H](C)CC[C@@H](CC)C(C)C)[C@@]4(C)CC[C@@H]32)C1. The van der Waals surface area contributed by atoms with Gasteiger partial charge in [0.15, 0.2) is 0 Å². The lowest BCUT2D eigenvalue weighted by molar-refractivity contribution is -0.162. The molecule has 2 unspecified atom stereocenters. The zero-order valence-electron chi connectivity index (χ0n) is 25.1. The van der Waals surface area contributed by atoms with E-state index in [2.05, 4.69) is 48.5 Å². The van der Waals surface area contributed by atoms with E-state index in [1.807, 2.05) is 0 Å². The summed E-state index contributed by atoms with van der Waals surface area (Å²) in [5, 5.41) is 0. The van der Waals surface area contributed by atoms with Crippen molar-refractivity contribution in [1.82, 2.24) is 0 Å². The molecule has 36 heavy (non-hydrogen) atoms. The van der Waals surface area contributed by atoms with Gasteiger partial charge in [-0.05, 0) is 129 Å². The minimum atomic E-state index is 0.0531. The van der Waals surface area contributed by atoms with Crippen molar-refractivity contribution in [2.45, 2.75) is 151 Å². The molecule has 0 spiro atoms. The van der Waals surface area contributed by atoms with Crippen LogP contribution in [0.3, 0.4) is 0 Å². The van der Waals surface area contributed by atoms with Gasteiger partial charge in [-0.3, -0.25) is 4.79 Å². The molecule has 0 heterocycles. The van der Waals surface area contributed by atoms with E-state index < -0.39 is 0 Å². The molecule has 0 aromatic heterocycles. The number of ether oxygens (including phenoxy) is 1. The molecular weight excluding hydrogens is 440 g/mol. The zero-order chi connectivity index (χ0) is 26.1. The van der Waals surface area contributed by atoms with Crippen molar-refractivity contribution >= 4 is 5.97 Å². The number of hydrogen-bond acceptors (Lipinski definition) is 2. The molecule has 0 N–H and O–H groups in total. The third kappa shape index (κ3) is 5.45. The molecule has 0 radical (unpaired) electrons. The summed E-state index contributed by atoms with van der Waals surface area (Å²) in [6.45, 7) is 17.4. The van der Waals surface area contributed by atoms with Gasteiger partial charge in [-0.1, -0.05) is 67.7 Å². The Hall–Kier alpha value is -0.530. The van der Waals surface area contributed by atoms with Crippen molar-refractivity contribution in [3.8, 4) is 0 Å². The molecule has 0 aliphatic heterocycles. The molecule has 4 aliphatic carbocycles. The van der Waals surface area contributed by atoms with Crippen molar-refractivity contribution in [2.24, 2.45) is 58.2 Å². The second-order valence-electron chi connectivity index (χ2n) is 14.8. The van der Waals surface area contributed by atoms with E-state index in [1.165, 1.54) is 64.2 Å². The number of esters is 1. The average molecular weight is 501 g/mol. The van der Waals surface area contributed by atoms with Gasteiger partial charge in [0.1, 0.15) is 6.10 Å². The lowest BCUT2D eigenvalue weighted by Crippen LogP contribution is -2.54. The second-order valence-corrected chi connectivity index (χ2v) is 14.8. The van der Waals surface area contributed by atoms with Crippen LogP contribution in [0.25, 0.3) is 0 Å². The summed E-state index contributed by atoms with van der Waals surface area (Å²) in [6.07, 6.45) is 19.3. The van der Waals surface area contributed by atoms with Crippen LogP contribution in [0.15, 0.2) is 0 Å². The molecule has 4 rings (SSSR count). The lowest BCUT2D eigenvalue weighted by atomic mass is 9.44. The molecule has 10 atom stereocenters. The Balaban J connectivity index is 1.38. The maximum Gasteiger partial charge on any atom is 0.306 e. The summed E-state index contributed by atoms with van der Waals surface area (Å²) in [5.41, 5.74) is 1.06. The monoisotopic (exact) mass is 500 g/mol. The van der Waals surface area contributed by atoms with Gasteiger partial charge in [-0.2, -0.15) is 0 Å². The largest absolute Gasteiger partial charge is 0.462 e. The maximum atomic E-state index is 12.3. The fourth-order valence-corrected chi connectivity index (χ4v) is 10.6. The van der Waals surface area contributed by atoms with Crippen LogP contribution in [0, 0.1) is 58.2 Å². The Morgan fingerprint density at radius 3 is 2.31 bits per heavy atom. The van der Waals surface area contributed by atoms with E-state index in [1.54, 1.807) is 0 Å². The molecule has 2 nitrogen and oxygen atoms in total. The van der Waals surface area contributed by atoms with Gasteiger partial charge in [0.2, 0.25) is 0 Å². The van der Waals surface area contributed by atoms with E-state index in [0.717, 1.165) is 73.0 Å². The van der Waals surface area contributed by atoms with Crippen molar-refractivity contribution in [1.29, 1.82) is 0 Å². The van der Waals surface area contributed by atoms with Gasteiger partial charge in [0.25, 0.3) is 0 Å². The van der Waals surface area contributed by atoms with Gasteiger partial charge in [0.05, 0.1) is 0 Å². The van der Waals surface area contributed by atoms with Gasteiger partial charge in [-0.25, -0.2) is 0 Å². The first kappa shape index (κ1) is 28.5. The van der Waals surface area contributed by atoms with Gasteiger partial charge >= 0.3 is 5.97 Å². The minimum Gasteiger partial charge on any atom is -0.462 e. The number of carbonyl (C=O) groups is 1. The van der Waals surface area contributed by atoms with E-state index in [-0.39, 0.29) is 12.1 Å². The second kappa shape index (κ2) is 11.7. The number of hydrogen-bond donors (Lipinski definition) is 0. The highest BCUT2D eigenvalue weighted by Crippen LogP contribution is 2.68. The molecule has 4 fully saturated rings. The highest BCUT2D eigenvalue weighted by molar-refractivity contribution is 5.69. The Bertz CT molecular complexity index is 729. The summed E-state index contributed by atoms with van der Waals surface area (Å²) >= 11 is 0. The topological polar surface area (TPSA) is 26.3 Å². The van der Waals surface area contributed by atoms with Crippen LogP contribution in [0.2, 0.25) is 0 Å². The Labute approximate surface area is 224 Å². The van der Waals surface area contributed by atoms with Crippen LogP contribution < -0.4 is 0 Å². The number of carbonyl (C=O) groups excluding carboxylic acids is 1. The number of rotatable bonds is 10. The van der Waals surface area contributed by atoms with Crippen molar-refractivity contribution in [2.75, 3.05) is 0 Å². The predicted molar refractivity (Wildman–Crippen MR) is 152 cm³/mol. The first-order valence-electron chi connectivity index (χ1n) is 16.3. The number of fused-ring (bicyclic) bond motifs is 5. The normalized spacial score (nSPS) is 41.8. The maximum absolute atomic E-state index is 12.3. The van der Waals surface area contributed by atoms with Crippen LogP contribution in [0.1, 0.15) is 145 Å². The smallest absolute Gasteiger partial charge is 0.306 e. The first-order valence-corrected chi connectivity index (χ1v) is 16.3. The summed E-state index contributed by atoms with van der Waals surface area (Å²) in [7, 11) is 0. The van der Waals surface area contributed by atoms with Crippen molar-refractivity contribution in [3.05, 3.63) is 0 Å². The van der Waals surface area contributed by atoms with Crippen LogP contribution in [-0.2, 0) is 9.53 Å². The molecule has 0 aromatic carbocycles. The minimum absolute atomic E-state index is 0.0531. The Morgan fingerprint density at radius 2 is 1.61 bits per heavy atom. The fourth-order valence-electron chi connectivity index (χ4n) is 10.6. The zero-order valence-corrected chi connectivity index (χ0v) is 25.1. The molecule has 0 amide bonds. The molecule has 208 valence electrons. The summed E-state index contributed by atoms with van der Waals surface area (Å²) in [4.78, 5) is 12.3. The molecule has 2 heteroatoms. The van der Waals surface area contributed by atoms with E-state index in [9.17, 15) is 4.79 Å². The van der Waals surface area contributed by atoms with Gasteiger partial charge < -0.3 is 4.74 Å². The third-order valence-electron chi connectivity index (χ3n) is 12.9. The lowest BCUT2D eigenvalue weighted by Gasteiger charge is -2.61. The molecule has 4 aliphatic rings. The predicted octanol–water partition coefficient (Wildman–Crippen LogP) is 9.85. The molecule has 0 bridgehead atoms. The van der Waals surface area contributed by atoms with Crippen LogP contribution in [-0.4, -0.2) is 12.1 Å². The molecular formula is C34H60O2. The number of unbranched alkanes of at least 4 members (excludes halogenated alkanes) is 1. The fraction of sp³-hybridized carbons (Fsp3) is 0.971. The van der Waals surface area contributed by atoms with E-state index in [0.29, 0.717) is 17.3 Å². The van der Waals surface area contributed by atoms with Crippen molar-refractivity contribution < 1.29 is 9.53 Å². The first-order chi connectivity index (χ1) is 17.1. The molecule has 0 saturated heterocycles. The van der Waals surface area contributed by atoms with E-state index in [4.69, 9.17) is 4.74 Å². The van der Waals surface area contributed by atoms with Crippen molar-refractivity contribution in [3.63, 3.8) is 0 Å². The highest BCUT2D eigenvalue weighted by Gasteiger charge is 2.60. The van der Waals surface area contributed by atoms with E-state index >= 15 is 0 Å². The summed E-state index contributed by atoms with van der Waals surface area (Å²) in [6, 6.07) is 0. The third-order valence-corrected chi connectivity index (χ3v) is 12.9. The average Bonchev–Trinajstić information content (AvgIpc) is 3.20. The summed E-state index contributed by atoms with van der Waals surface area (Å²) in [5.74, 6) is 7.19. The van der Waals surface area contributed by atoms with Gasteiger partial charge in [0, 0.05) is 6.42 Å². The van der Waals surface area contributed by atoms with Gasteiger partial charge in [-0.15, -0.1) is 0 Å². The van der Waals surface area contributed by atoms with Crippen LogP contribution in [0.4, 0.5) is 0 Å².